The highest BCUT2D eigenvalue weighted by Crippen LogP contribution is 2.55. The monoisotopic (exact) mass is 448 g/mol. The molecule has 2 aliphatic rings. The Balaban J connectivity index is 1.77. The molecule has 0 radical (unpaired) electrons. The predicted octanol–water partition coefficient (Wildman–Crippen LogP) is 2.17. The van der Waals surface area contributed by atoms with Crippen LogP contribution in [0, 0.1) is 0 Å². The zero-order chi connectivity index (χ0) is 23.3. The molecule has 9 heteroatoms. The van der Waals surface area contributed by atoms with Crippen LogP contribution in [0.15, 0.2) is 24.3 Å². The fourth-order valence-corrected chi connectivity index (χ4v) is 5.82. The Morgan fingerprint density at radius 2 is 1.74 bits per heavy atom. The number of carboxylic acids is 1. The number of ketones is 1. The van der Waals surface area contributed by atoms with Crippen molar-refractivity contribution in [2.24, 2.45) is 0 Å². The molecule has 1 unspecified atom stereocenters. The van der Waals surface area contributed by atoms with Crippen LogP contribution in [0.1, 0.15) is 53.0 Å². The van der Waals surface area contributed by atoms with Crippen LogP contribution in [0.5, 0.6) is 5.75 Å². The molecule has 2 saturated heterocycles. The van der Waals surface area contributed by atoms with Crippen molar-refractivity contribution in [2.45, 2.75) is 75.3 Å². The summed E-state index contributed by atoms with van der Waals surface area (Å²) in [4.78, 5) is 51.3. The minimum atomic E-state index is -1.79. The average molecular weight is 449 g/mol. The maximum atomic E-state index is 13.0. The lowest BCUT2D eigenvalue weighted by Gasteiger charge is -2.51. The smallest absolute Gasteiger partial charge is 0.327 e. The zero-order valence-electron chi connectivity index (χ0n) is 18.5. The number of carboxylic acid groups (broad SMARTS) is 1. The van der Waals surface area contributed by atoms with Crippen molar-refractivity contribution in [1.82, 2.24) is 10.2 Å². The molecule has 2 N–H and O–H groups in total. The van der Waals surface area contributed by atoms with Crippen LogP contribution in [-0.4, -0.2) is 61.4 Å². The Morgan fingerprint density at radius 1 is 1.16 bits per heavy atom. The molecule has 2 heterocycles. The lowest BCUT2D eigenvalue weighted by Crippen LogP contribution is -2.82. The number of hydrogen-bond donors (Lipinski definition) is 2. The van der Waals surface area contributed by atoms with Crippen molar-refractivity contribution in [3.05, 3.63) is 29.8 Å². The summed E-state index contributed by atoms with van der Waals surface area (Å²) in [5.41, 5.74) is -0.656. The van der Waals surface area contributed by atoms with Crippen LogP contribution in [0.3, 0.4) is 0 Å². The Labute approximate surface area is 185 Å². The van der Waals surface area contributed by atoms with E-state index in [9.17, 15) is 24.3 Å². The van der Waals surface area contributed by atoms with Gasteiger partial charge in [-0.05, 0) is 51.3 Å². The first-order valence-electron chi connectivity index (χ1n) is 10.2. The summed E-state index contributed by atoms with van der Waals surface area (Å²) in [6.45, 7) is 10.3. The van der Waals surface area contributed by atoms with Crippen molar-refractivity contribution in [3.63, 3.8) is 0 Å². The van der Waals surface area contributed by atoms with Crippen LogP contribution in [0.25, 0.3) is 0 Å². The van der Waals surface area contributed by atoms with Crippen LogP contribution >= 0.6 is 11.8 Å². The third-order valence-corrected chi connectivity index (χ3v) is 7.52. The molecule has 0 spiro atoms. The van der Waals surface area contributed by atoms with Gasteiger partial charge in [0.15, 0.2) is 11.9 Å². The molecule has 0 saturated carbocycles. The lowest BCUT2D eigenvalue weighted by atomic mass is 9.81. The maximum Gasteiger partial charge on any atom is 0.327 e. The van der Waals surface area contributed by atoms with Crippen LogP contribution in [0.2, 0.25) is 0 Å². The van der Waals surface area contributed by atoms with E-state index in [1.165, 1.54) is 30.5 Å². The predicted molar refractivity (Wildman–Crippen MR) is 116 cm³/mol. The van der Waals surface area contributed by atoms with Gasteiger partial charge in [0, 0.05) is 4.75 Å². The molecule has 2 fully saturated rings. The second kappa shape index (κ2) is 7.85. The van der Waals surface area contributed by atoms with Gasteiger partial charge >= 0.3 is 5.97 Å². The Kier molecular flexibility index (Phi) is 5.86. The standard InChI is InChI=1S/C22H28N2O6S/c1-11(2)14-7-9-15(10-8-14)30-12(3)17(26)23-22(13(4)25)19(29)24-16(18(27)28)21(5,6)31-20(22)24/h7-12,16,20H,1-6H3,(H,23,26)(H,27,28)/t12?,16-,20+,22-/m0/s1. The van der Waals surface area contributed by atoms with Crippen molar-refractivity contribution in [1.29, 1.82) is 0 Å². The summed E-state index contributed by atoms with van der Waals surface area (Å²) in [5, 5.41) is 11.4. The number of thioether (sulfide) groups is 1. The summed E-state index contributed by atoms with van der Waals surface area (Å²) < 4.78 is 4.89. The van der Waals surface area contributed by atoms with Crippen LogP contribution in [-0.2, 0) is 19.2 Å². The van der Waals surface area contributed by atoms with Crippen molar-refractivity contribution < 1.29 is 29.0 Å². The molecule has 0 aromatic heterocycles. The Hall–Kier alpha value is -2.55. The van der Waals surface area contributed by atoms with E-state index in [2.05, 4.69) is 19.2 Å². The molecule has 8 nitrogen and oxygen atoms in total. The van der Waals surface area contributed by atoms with E-state index in [1.807, 2.05) is 12.1 Å². The molecule has 1 aromatic carbocycles. The third kappa shape index (κ3) is 3.69. The van der Waals surface area contributed by atoms with E-state index < -0.39 is 51.4 Å². The van der Waals surface area contributed by atoms with Gasteiger partial charge < -0.3 is 20.1 Å². The normalized spacial score (nSPS) is 27.3. The first-order valence-corrected chi connectivity index (χ1v) is 11.0. The molecule has 2 amide bonds. The number of benzene rings is 1. The summed E-state index contributed by atoms with van der Waals surface area (Å²) in [7, 11) is 0. The van der Waals surface area contributed by atoms with Gasteiger partial charge in [0.05, 0.1) is 0 Å². The molecule has 0 bridgehead atoms. The number of hydrogen-bond acceptors (Lipinski definition) is 6. The quantitative estimate of drug-likeness (QED) is 0.485. The molecule has 3 rings (SSSR count). The number of aliphatic carboxylic acids is 1. The Morgan fingerprint density at radius 3 is 2.23 bits per heavy atom. The minimum Gasteiger partial charge on any atom is -0.481 e. The molecular formula is C22H28N2O6S. The summed E-state index contributed by atoms with van der Waals surface area (Å²) >= 11 is 1.20. The molecule has 2 aliphatic heterocycles. The number of carbonyl (C=O) groups excluding carboxylic acids is 3. The topological polar surface area (TPSA) is 113 Å². The molecule has 168 valence electrons. The number of ether oxygens (including phenoxy) is 1. The molecular weight excluding hydrogens is 420 g/mol. The highest BCUT2D eigenvalue weighted by molar-refractivity contribution is 8.01. The largest absolute Gasteiger partial charge is 0.481 e. The van der Waals surface area contributed by atoms with Gasteiger partial charge in [-0.3, -0.25) is 14.4 Å². The van der Waals surface area contributed by atoms with Gasteiger partial charge in [0.2, 0.25) is 5.54 Å². The zero-order valence-corrected chi connectivity index (χ0v) is 19.3. The van der Waals surface area contributed by atoms with Crippen molar-refractivity contribution in [2.75, 3.05) is 0 Å². The van der Waals surface area contributed by atoms with E-state index in [0.717, 1.165) is 5.56 Å². The number of amides is 2. The van der Waals surface area contributed by atoms with Gasteiger partial charge in [-0.15, -0.1) is 11.8 Å². The molecule has 1 aromatic rings. The molecule has 31 heavy (non-hydrogen) atoms. The van der Waals surface area contributed by atoms with Gasteiger partial charge in [0.25, 0.3) is 11.8 Å². The van der Waals surface area contributed by atoms with E-state index in [0.29, 0.717) is 11.7 Å². The SMILES string of the molecule is CC(=O)[C@]1(NC(=O)C(C)Oc2ccc(C(C)C)cc2)C(=O)N2[C@@H](C(=O)O)C(C)(C)S[C@@H]21. The Bertz CT molecular complexity index is 928. The number of rotatable bonds is 7. The number of nitrogens with one attached hydrogen (secondary N) is 1. The second-order valence-electron chi connectivity index (χ2n) is 8.86. The number of Topliss-reactive ketones (excluding diaryl/α,β-unsaturated/α-hetero) is 1. The fraction of sp³-hybridized carbons (Fsp3) is 0.545. The molecule has 4 atom stereocenters. The highest BCUT2D eigenvalue weighted by atomic mass is 32.2. The van der Waals surface area contributed by atoms with Gasteiger partial charge in [0.1, 0.15) is 17.2 Å². The van der Waals surface area contributed by atoms with Gasteiger partial charge in [-0.1, -0.05) is 26.0 Å². The van der Waals surface area contributed by atoms with Crippen LogP contribution < -0.4 is 10.1 Å². The summed E-state index contributed by atoms with van der Waals surface area (Å²) in [6.07, 6.45) is -0.961. The molecule has 0 aliphatic carbocycles. The van der Waals surface area contributed by atoms with Gasteiger partial charge in [-0.25, -0.2) is 4.79 Å². The highest BCUT2D eigenvalue weighted by Gasteiger charge is 2.74. The number of nitrogens with zero attached hydrogens (tertiary/aromatic N) is 1. The van der Waals surface area contributed by atoms with Crippen LogP contribution in [0.4, 0.5) is 0 Å². The third-order valence-electron chi connectivity index (χ3n) is 5.89. The number of carbonyl (C=O) groups is 4. The van der Waals surface area contributed by atoms with E-state index in [4.69, 9.17) is 4.74 Å². The summed E-state index contributed by atoms with van der Waals surface area (Å²) in [6, 6.07) is 6.29. The van der Waals surface area contributed by atoms with E-state index in [-0.39, 0.29) is 0 Å². The van der Waals surface area contributed by atoms with Crippen molar-refractivity contribution >= 4 is 35.3 Å². The van der Waals surface area contributed by atoms with E-state index in [1.54, 1.807) is 26.0 Å². The number of β-lactam (4-membered cyclic amide) rings is 1. The average Bonchev–Trinajstić information content (AvgIpc) is 2.94. The van der Waals surface area contributed by atoms with Crippen molar-refractivity contribution in [3.8, 4) is 5.75 Å². The van der Waals surface area contributed by atoms with Gasteiger partial charge in [-0.2, -0.15) is 0 Å². The first kappa shape index (κ1) is 23.1. The lowest BCUT2D eigenvalue weighted by molar-refractivity contribution is -0.172. The van der Waals surface area contributed by atoms with E-state index >= 15 is 0 Å². The first-order chi connectivity index (χ1) is 14.3. The maximum absolute atomic E-state index is 13.0. The minimum absolute atomic E-state index is 0.362. The summed E-state index contributed by atoms with van der Waals surface area (Å²) in [5.74, 6) is -2.13. The second-order valence-corrected chi connectivity index (χ2v) is 10.6. The fourth-order valence-electron chi connectivity index (χ4n) is 4.07. The number of fused-ring (bicyclic) bond motifs is 1.